The van der Waals surface area contributed by atoms with E-state index < -0.39 is 0 Å². The van der Waals surface area contributed by atoms with E-state index in [1.807, 2.05) is 11.4 Å². The van der Waals surface area contributed by atoms with Gasteiger partial charge in [0.25, 0.3) is 0 Å². The van der Waals surface area contributed by atoms with Crippen LogP contribution in [-0.2, 0) is 4.74 Å². The molecule has 94 valence electrons. The van der Waals surface area contributed by atoms with Crippen LogP contribution in [0.25, 0.3) is 0 Å². The maximum Gasteiger partial charge on any atom is 0.187 e. The zero-order valence-electron chi connectivity index (χ0n) is 10.0. The monoisotopic (exact) mass is 317 g/mol. The molecule has 1 aliphatic heterocycles. The van der Waals surface area contributed by atoms with Crippen LogP contribution in [0.3, 0.4) is 0 Å². The van der Waals surface area contributed by atoms with Crippen LogP contribution < -0.4 is 0 Å². The second-order valence-corrected chi connectivity index (χ2v) is 6.58. The molecule has 0 saturated carbocycles. The fourth-order valence-corrected chi connectivity index (χ4v) is 3.45. The van der Waals surface area contributed by atoms with Gasteiger partial charge in [0, 0.05) is 16.6 Å². The minimum Gasteiger partial charge on any atom is -0.378 e. The first kappa shape index (κ1) is 13.2. The Bertz CT molecular complexity index is 416. The average molecular weight is 318 g/mol. The highest BCUT2D eigenvalue weighted by atomic mass is 79.9. The first-order valence-corrected chi connectivity index (χ1v) is 7.27. The Hall–Kier alpha value is -0.230. The molecule has 1 aromatic rings. The van der Waals surface area contributed by atoms with Crippen LogP contribution in [0.15, 0.2) is 15.9 Å². The van der Waals surface area contributed by atoms with Gasteiger partial charge < -0.3 is 4.74 Å². The highest BCUT2D eigenvalue weighted by Gasteiger charge is 2.32. The Balaban J connectivity index is 2.06. The quantitative estimate of drug-likeness (QED) is 0.803. The summed E-state index contributed by atoms with van der Waals surface area (Å²) in [7, 11) is 0. The van der Waals surface area contributed by atoms with E-state index in [2.05, 4.69) is 34.7 Å². The van der Waals surface area contributed by atoms with E-state index in [0.717, 1.165) is 15.9 Å². The lowest BCUT2D eigenvalue weighted by molar-refractivity contribution is -0.0467. The van der Waals surface area contributed by atoms with E-state index in [-0.39, 0.29) is 11.3 Å². The van der Waals surface area contributed by atoms with Gasteiger partial charge in [-0.1, -0.05) is 0 Å². The van der Waals surface area contributed by atoms with E-state index in [0.29, 0.717) is 19.8 Å². The van der Waals surface area contributed by atoms with Gasteiger partial charge in [-0.05, 0) is 41.2 Å². The second kappa shape index (κ2) is 5.18. The van der Waals surface area contributed by atoms with E-state index in [1.54, 1.807) is 0 Å². The molecule has 0 spiro atoms. The first-order valence-electron chi connectivity index (χ1n) is 5.60. The van der Waals surface area contributed by atoms with Crippen LogP contribution in [0.5, 0.6) is 0 Å². The number of ketones is 1. The molecule has 0 radical (unpaired) electrons. The fraction of sp³-hybridized carbons (Fsp3) is 0.583. The molecule has 0 aliphatic carbocycles. The summed E-state index contributed by atoms with van der Waals surface area (Å²) in [6.07, 6.45) is 0. The third-order valence-corrected chi connectivity index (χ3v) is 4.90. The van der Waals surface area contributed by atoms with Crippen LogP contribution in [0.1, 0.15) is 23.5 Å². The second-order valence-electron chi connectivity index (χ2n) is 4.81. The minimum absolute atomic E-state index is 0.0579. The molecule has 0 bridgehead atoms. The summed E-state index contributed by atoms with van der Waals surface area (Å²) >= 11 is 4.90. The molecular formula is C12H16BrNO2S. The zero-order chi connectivity index (χ0) is 12.5. The minimum atomic E-state index is -0.0579. The maximum atomic E-state index is 12.2. The molecule has 1 aromatic heterocycles. The standard InChI is InChI=1S/C12H16BrNO2S/c1-12(2)8-16-5-4-14(12)7-10(15)11-9(13)3-6-17-11/h3,6H,4-5,7-8H2,1-2H3. The lowest BCUT2D eigenvalue weighted by Crippen LogP contribution is -2.54. The van der Waals surface area contributed by atoms with Crippen molar-refractivity contribution in [1.29, 1.82) is 0 Å². The maximum absolute atomic E-state index is 12.2. The molecule has 0 aromatic carbocycles. The van der Waals surface area contributed by atoms with Gasteiger partial charge in [-0.15, -0.1) is 11.3 Å². The highest BCUT2D eigenvalue weighted by Crippen LogP contribution is 2.25. The summed E-state index contributed by atoms with van der Waals surface area (Å²) in [5.74, 6) is 0.182. The van der Waals surface area contributed by atoms with Crippen LogP contribution in [0.2, 0.25) is 0 Å². The largest absolute Gasteiger partial charge is 0.378 e. The first-order chi connectivity index (χ1) is 8.00. The lowest BCUT2D eigenvalue weighted by Gasteiger charge is -2.41. The number of thiophene rings is 1. The van der Waals surface area contributed by atoms with E-state index in [9.17, 15) is 4.79 Å². The molecule has 2 rings (SSSR count). The van der Waals surface area contributed by atoms with Gasteiger partial charge in [-0.2, -0.15) is 0 Å². The van der Waals surface area contributed by atoms with Gasteiger partial charge in [0.2, 0.25) is 0 Å². The fourth-order valence-electron chi connectivity index (χ4n) is 1.92. The topological polar surface area (TPSA) is 29.5 Å². The molecule has 1 aliphatic rings. The number of ether oxygens (including phenoxy) is 1. The zero-order valence-corrected chi connectivity index (χ0v) is 12.4. The Morgan fingerprint density at radius 1 is 1.65 bits per heavy atom. The highest BCUT2D eigenvalue weighted by molar-refractivity contribution is 9.10. The van der Waals surface area contributed by atoms with Gasteiger partial charge in [-0.3, -0.25) is 9.69 Å². The van der Waals surface area contributed by atoms with Crippen molar-refractivity contribution in [2.24, 2.45) is 0 Å². The molecule has 2 heterocycles. The van der Waals surface area contributed by atoms with Crippen LogP contribution >= 0.6 is 27.3 Å². The number of hydrogen-bond donors (Lipinski definition) is 0. The molecule has 1 fully saturated rings. The Labute approximate surface area is 114 Å². The van der Waals surface area contributed by atoms with Crippen LogP contribution in [0.4, 0.5) is 0 Å². The van der Waals surface area contributed by atoms with Crippen molar-refractivity contribution in [3.8, 4) is 0 Å². The number of hydrogen-bond acceptors (Lipinski definition) is 4. The molecule has 1 saturated heterocycles. The Morgan fingerprint density at radius 3 is 3.00 bits per heavy atom. The lowest BCUT2D eigenvalue weighted by atomic mass is 10.0. The van der Waals surface area contributed by atoms with Gasteiger partial charge in [0.1, 0.15) is 0 Å². The molecule has 0 atom stereocenters. The summed E-state index contributed by atoms with van der Waals surface area (Å²) in [5.41, 5.74) is -0.0579. The van der Waals surface area contributed by atoms with Crippen molar-refractivity contribution < 1.29 is 9.53 Å². The van der Waals surface area contributed by atoms with Gasteiger partial charge in [-0.25, -0.2) is 0 Å². The number of carbonyl (C=O) groups excluding carboxylic acids is 1. The third-order valence-electron chi connectivity index (χ3n) is 3.02. The molecule has 3 nitrogen and oxygen atoms in total. The van der Waals surface area contributed by atoms with Crippen LogP contribution in [0, 0.1) is 0 Å². The molecule has 0 N–H and O–H groups in total. The number of halogens is 1. The number of Topliss-reactive ketones (excluding diaryl/α,β-unsaturated/α-hetero) is 1. The number of rotatable bonds is 3. The van der Waals surface area contributed by atoms with E-state index in [4.69, 9.17) is 4.74 Å². The summed E-state index contributed by atoms with van der Waals surface area (Å²) in [6, 6.07) is 1.92. The predicted molar refractivity (Wildman–Crippen MR) is 72.8 cm³/mol. The van der Waals surface area contributed by atoms with Crippen molar-refractivity contribution in [2.45, 2.75) is 19.4 Å². The molecule has 17 heavy (non-hydrogen) atoms. The van der Waals surface area contributed by atoms with Crippen molar-refractivity contribution in [3.63, 3.8) is 0 Å². The Kier molecular flexibility index (Phi) is 4.02. The van der Waals surface area contributed by atoms with Gasteiger partial charge in [0.15, 0.2) is 5.78 Å². The van der Waals surface area contributed by atoms with Gasteiger partial charge >= 0.3 is 0 Å². The number of morpholine rings is 1. The van der Waals surface area contributed by atoms with E-state index in [1.165, 1.54) is 11.3 Å². The third kappa shape index (κ3) is 2.96. The number of carbonyl (C=O) groups is 1. The van der Waals surface area contributed by atoms with Gasteiger partial charge in [0.05, 0.1) is 24.6 Å². The van der Waals surface area contributed by atoms with Crippen LogP contribution in [-0.4, -0.2) is 42.5 Å². The summed E-state index contributed by atoms with van der Waals surface area (Å²) < 4.78 is 6.35. The smallest absolute Gasteiger partial charge is 0.187 e. The summed E-state index contributed by atoms with van der Waals surface area (Å²) in [4.78, 5) is 15.2. The SMILES string of the molecule is CC1(C)COCCN1CC(=O)c1sccc1Br. The van der Waals surface area contributed by atoms with Crippen molar-refractivity contribution in [2.75, 3.05) is 26.3 Å². The summed E-state index contributed by atoms with van der Waals surface area (Å²) in [5, 5.41) is 1.93. The summed E-state index contributed by atoms with van der Waals surface area (Å²) in [6.45, 7) is 6.91. The molecule has 0 unspecified atom stereocenters. The predicted octanol–water partition coefficient (Wildman–Crippen LogP) is 2.80. The Morgan fingerprint density at radius 2 is 2.41 bits per heavy atom. The molecular weight excluding hydrogens is 302 g/mol. The van der Waals surface area contributed by atoms with Crippen molar-refractivity contribution >= 4 is 33.0 Å². The average Bonchev–Trinajstić information content (AvgIpc) is 2.67. The normalized spacial score (nSPS) is 20.4. The number of nitrogens with zero attached hydrogens (tertiary/aromatic N) is 1. The van der Waals surface area contributed by atoms with E-state index >= 15 is 0 Å². The van der Waals surface area contributed by atoms with Crippen molar-refractivity contribution in [3.05, 3.63) is 20.8 Å². The molecule has 0 amide bonds. The van der Waals surface area contributed by atoms with Crippen molar-refractivity contribution in [1.82, 2.24) is 4.90 Å². The molecule has 5 heteroatoms.